The van der Waals surface area contributed by atoms with Crippen molar-refractivity contribution in [3.63, 3.8) is 0 Å². The molecule has 188 valence electrons. The SMILES string of the molecule is O=C(O)C1=C(CSc2nnnn2CS(=O)(=O)O)CS[C@@H]2[C@H](NC(=O)C(O)c3ccccc3)C(=O)N12.[KH]. The third-order valence-electron chi connectivity index (χ3n) is 5.07. The van der Waals surface area contributed by atoms with Crippen molar-refractivity contribution in [2.24, 2.45) is 0 Å². The molecule has 3 heterocycles. The molecule has 0 bridgehead atoms. The number of carbonyl (C=O) groups excluding carboxylic acids is 2. The van der Waals surface area contributed by atoms with E-state index in [1.807, 2.05) is 0 Å². The first-order chi connectivity index (χ1) is 16.6. The number of hydrogen-bond donors (Lipinski definition) is 4. The number of aromatic nitrogens is 4. The number of aliphatic carboxylic acids is 1. The maximum atomic E-state index is 12.8. The van der Waals surface area contributed by atoms with Gasteiger partial charge in [0, 0.05) is 11.5 Å². The van der Waals surface area contributed by atoms with Crippen LogP contribution < -0.4 is 5.32 Å². The molecule has 4 rings (SSSR count). The second-order valence-corrected chi connectivity index (χ2v) is 10.9. The second kappa shape index (κ2) is 12.0. The van der Waals surface area contributed by atoms with E-state index in [9.17, 15) is 33.0 Å². The summed E-state index contributed by atoms with van der Waals surface area (Å²) in [5.74, 6) is -3.39. The number of β-lactam (4-membered cyclic amide) rings is 1. The normalized spacial score (nSPS) is 20.2. The zero-order chi connectivity index (χ0) is 25.3. The van der Waals surface area contributed by atoms with Crippen molar-refractivity contribution in [2.75, 3.05) is 11.5 Å². The van der Waals surface area contributed by atoms with Crippen LogP contribution in [0.2, 0.25) is 0 Å². The quantitative estimate of drug-likeness (QED) is 0.114. The fourth-order valence-corrected chi connectivity index (χ4v) is 6.43. The minimum absolute atomic E-state index is 0. The topological polar surface area (TPSA) is 205 Å². The van der Waals surface area contributed by atoms with Gasteiger partial charge in [0.25, 0.3) is 21.9 Å². The second-order valence-electron chi connectivity index (χ2n) is 7.43. The van der Waals surface area contributed by atoms with Crippen LogP contribution in [-0.2, 0) is 30.4 Å². The number of aliphatic hydroxyl groups excluding tert-OH is 1. The molecular formula is C18H19KN6O8S3. The summed E-state index contributed by atoms with van der Waals surface area (Å²) in [6, 6.07) is 7.17. The first-order valence-corrected chi connectivity index (χ1v) is 13.5. The third kappa shape index (κ3) is 6.37. The van der Waals surface area contributed by atoms with Crippen molar-refractivity contribution in [2.45, 2.75) is 28.6 Å². The molecule has 1 aromatic carbocycles. The minimum atomic E-state index is -4.40. The van der Waals surface area contributed by atoms with Gasteiger partial charge in [0.2, 0.25) is 5.16 Å². The molecule has 2 aliphatic heterocycles. The number of hydrogen-bond acceptors (Lipinski definition) is 11. The predicted molar refractivity (Wildman–Crippen MR) is 128 cm³/mol. The zero-order valence-electron chi connectivity index (χ0n) is 17.6. The molecule has 1 fully saturated rings. The van der Waals surface area contributed by atoms with Gasteiger partial charge < -0.3 is 15.5 Å². The van der Waals surface area contributed by atoms with Crippen molar-refractivity contribution in [3.8, 4) is 0 Å². The van der Waals surface area contributed by atoms with Crippen LogP contribution in [0, 0.1) is 0 Å². The number of benzene rings is 1. The molecule has 2 aromatic rings. The number of nitrogens with zero attached hydrogens (tertiary/aromatic N) is 5. The standard InChI is InChI=1S/C18H18N6O8S3.K.H/c25-13(9-4-2-1-3-5-9)14(26)19-11-15(27)24-12(17(28)29)10(6-33-16(11)24)7-34-18-20-21-22-23(18)8-35(30,31)32;;/h1-5,11,13,16,25H,6-8H2,(H,19,26)(H,28,29)(H,30,31,32);;/t11-,13?,16-;;/m1../s1. The van der Waals surface area contributed by atoms with Crippen LogP contribution >= 0.6 is 23.5 Å². The van der Waals surface area contributed by atoms with E-state index < -0.39 is 51.3 Å². The number of fused-ring (bicyclic) bond motifs is 1. The zero-order valence-corrected chi connectivity index (χ0v) is 20.0. The third-order valence-corrected chi connectivity index (χ3v) is 8.03. The van der Waals surface area contributed by atoms with E-state index in [4.69, 9.17) is 4.55 Å². The van der Waals surface area contributed by atoms with E-state index in [-0.39, 0.29) is 73.7 Å². The number of carbonyl (C=O) groups is 3. The van der Waals surface area contributed by atoms with Gasteiger partial charge in [-0.1, -0.05) is 42.1 Å². The van der Waals surface area contributed by atoms with Crippen molar-refractivity contribution in [3.05, 3.63) is 47.2 Å². The van der Waals surface area contributed by atoms with Gasteiger partial charge in [-0.05, 0) is 21.6 Å². The fourth-order valence-electron chi connectivity index (χ4n) is 3.50. The number of nitrogens with one attached hydrogen (secondary N) is 1. The van der Waals surface area contributed by atoms with Gasteiger partial charge in [0.05, 0.1) is 0 Å². The molecule has 1 saturated heterocycles. The Bertz CT molecular complexity index is 1300. The number of carboxylic acid groups (broad SMARTS) is 1. The molecule has 18 heteroatoms. The Hall–Kier alpha value is -1.35. The summed E-state index contributed by atoms with van der Waals surface area (Å²) in [5, 5.41) is 32.4. The number of rotatable bonds is 9. The van der Waals surface area contributed by atoms with E-state index >= 15 is 0 Å². The Labute approximate surface area is 255 Å². The van der Waals surface area contributed by atoms with Gasteiger partial charge in [-0.15, -0.1) is 16.9 Å². The molecular weight excluding hydrogens is 564 g/mol. The Balaban J connectivity index is 0.00000361. The Morgan fingerprint density at radius 2 is 1.97 bits per heavy atom. The first kappa shape index (κ1) is 29.2. The van der Waals surface area contributed by atoms with Crippen LogP contribution in [0.4, 0.5) is 0 Å². The number of carboxylic acids is 1. The Morgan fingerprint density at radius 1 is 1.28 bits per heavy atom. The van der Waals surface area contributed by atoms with Gasteiger partial charge in [-0.3, -0.25) is 19.0 Å². The summed E-state index contributed by atoms with van der Waals surface area (Å²) in [6.45, 7) is 0. The fraction of sp³-hybridized carbons (Fsp3) is 0.333. The van der Waals surface area contributed by atoms with Gasteiger partial charge >= 0.3 is 57.4 Å². The Morgan fingerprint density at radius 3 is 2.61 bits per heavy atom. The summed E-state index contributed by atoms with van der Waals surface area (Å²) in [7, 11) is -4.40. The first-order valence-electron chi connectivity index (χ1n) is 9.84. The van der Waals surface area contributed by atoms with Crippen LogP contribution in [-0.4, -0.2) is 140 Å². The predicted octanol–water partition coefficient (Wildman–Crippen LogP) is -1.57. The monoisotopic (exact) mass is 582 g/mol. The molecule has 0 spiro atoms. The molecule has 2 aliphatic rings. The number of amides is 2. The molecule has 1 aromatic heterocycles. The molecule has 2 amide bonds. The van der Waals surface area contributed by atoms with Gasteiger partial charge in [-0.25, -0.2) is 9.48 Å². The summed E-state index contributed by atoms with van der Waals surface area (Å²) < 4.78 is 32.0. The van der Waals surface area contributed by atoms with E-state index in [0.717, 1.165) is 21.3 Å². The van der Waals surface area contributed by atoms with Crippen LogP contribution in [0.15, 0.2) is 46.8 Å². The molecule has 0 radical (unpaired) electrons. The average Bonchev–Trinajstić information content (AvgIpc) is 3.25. The van der Waals surface area contributed by atoms with E-state index in [1.165, 1.54) is 11.8 Å². The number of thioether (sulfide) groups is 2. The summed E-state index contributed by atoms with van der Waals surface area (Å²) in [5.41, 5.74) is 0.480. The molecule has 1 unspecified atom stereocenters. The van der Waals surface area contributed by atoms with Gasteiger partial charge in [-0.2, -0.15) is 8.42 Å². The van der Waals surface area contributed by atoms with Crippen LogP contribution in [0.25, 0.3) is 0 Å². The summed E-state index contributed by atoms with van der Waals surface area (Å²) in [4.78, 5) is 38.3. The summed E-state index contributed by atoms with van der Waals surface area (Å²) in [6.07, 6.45) is -1.48. The van der Waals surface area contributed by atoms with Crippen LogP contribution in [0.5, 0.6) is 0 Å². The molecule has 4 N–H and O–H groups in total. The van der Waals surface area contributed by atoms with E-state index in [1.54, 1.807) is 30.3 Å². The molecule has 0 saturated carbocycles. The Kier molecular flexibility index (Phi) is 9.74. The maximum absolute atomic E-state index is 12.8. The van der Waals surface area contributed by atoms with Crippen LogP contribution in [0.3, 0.4) is 0 Å². The molecule has 0 aliphatic carbocycles. The van der Waals surface area contributed by atoms with Gasteiger partial charge in [0.15, 0.2) is 12.0 Å². The number of aliphatic hydroxyl groups is 1. The number of tetrazole rings is 1. The van der Waals surface area contributed by atoms with Crippen molar-refractivity contribution < 1.29 is 37.6 Å². The molecule has 3 atom stereocenters. The van der Waals surface area contributed by atoms with Crippen molar-refractivity contribution in [1.29, 1.82) is 0 Å². The average molecular weight is 583 g/mol. The van der Waals surface area contributed by atoms with E-state index in [2.05, 4.69) is 20.8 Å². The summed E-state index contributed by atoms with van der Waals surface area (Å²) >= 11 is 2.17. The van der Waals surface area contributed by atoms with Crippen molar-refractivity contribution in [1.82, 2.24) is 30.4 Å². The van der Waals surface area contributed by atoms with Gasteiger partial charge in [0.1, 0.15) is 17.1 Å². The van der Waals surface area contributed by atoms with Crippen LogP contribution in [0.1, 0.15) is 11.7 Å². The van der Waals surface area contributed by atoms with E-state index in [0.29, 0.717) is 11.1 Å². The molecule has 14 nitrogen and oxygen atoms in total. The molecule has 36 heavy (non-hydrogen) atoms. The van der Waals surface area contributed by atoms with Crippen molar-refractivity contribution >= 4 is 103 Å².